The van der Waals surface area contributed by atoms with Crippen LogP contribution in [0, 0.1) is 51.2 Å². The summed E-state index contributed by atoms with van der Waals surface area (Å²) < 4.78 is 10.8. The third-order valence-corrected chi connectivity index (χ3v) is 14.3. The first-order valence-corrected chi connectivity index (χ1v) is 16.7. The van der Waals surface area contributed by atoms with Crippen LogP contribution in [-0.4, -0.2) is 46.8 Å². The summed E-state index contributed by atoms with van der Waals surface area (Å²) in [5.74, 6) is 0.952. The van der Waals surface area contributed by atoms with Gasteiger partial charge in [0.2, 0.25) is 0 Å². The highest BCUT2D eigenvalue weighted by atomic mass is 16.6. The van der Waals surface area contributed by atoms with E-state index in [0.717, 1.165) is 69.2 Å². The molecule has 5 aliphatic carbocycles. The molecular formula is C36H52N2O5. The topological polar surface area (TPSA) is 98.6 Å². The van der Waals surface area contributed by atoms with Gasteiger partial charge in [0.05, 0.1) is 30.0 Å². The van der Waals surface area contributed by atoms with E-state index in [2.05, 4.69) is 41.2 Å². The standard InChI is InChI=1S/C36H52N2O5/c1-8-42-28(40)20-43-31(41)36-14-11-23(22(2)3)29(36)24-9-10-27-32(4)19-25-30(38-18-17-37-25)33(5,21-39)26(32)12-13-35(27,7)34(24,6)15-16-36/h17-18,23-24,26-27,29,39H,2,8-16,19-21H2,1,3-7H3/t23-,24+,26+,27+,29+,32-,33-,34+,35+,36-/m0/s1. The molecule has 5 aliphatic rings. The molecule has 236 valence electrons. The number of aliphatic hydroxyl groups is 1. The lowest BCUT2D eigenvalue weighted by Gasteiger charge is -2.72. The molecule has 1 N–H and O–H groups in total. The third-order valence-electron chi connectivity index (χ3n) is 14.3. The van der Waals surface area contributed by atoms with Crippen LogP contribution in [0.1, 0.15) is 104 Å². The largest absolute Gasteiger partial charge is 0.463 e. The summed E-state index contributed by atoms with van der Waals surface area (Å²) >= 11 is 0. The van der Waals surface area contributed by atoms with Crippen molar-refractivity contribution in [3.05, 3.63) is 35.9 Å². The number of esters is 2. The van der Waals surface area contributed by atoms with Gasteiger partial charge in [-0.05, 0) is 117 Å². The molecule has 0 bridgehead atoms. The van der Waals surface area contributed by atoms with Gasteiger partial charge in [0.25, 0.3) is 0 Å². The van der Waals surface area contributed by atoms with Crippen molar-refractivity contribution in [3.63, 3.8) is 0 Å². The second kappa shape index (κ2) is 10.4. The molecule has 4 saturated carbocycles. The molecule has 43 heavy (non-hydrogen) atoms. The van der Waals surface area contributed by atoms with Crippen LogP contribution in [0.2, 0.25) is 0 Å². The number of allylic oxidation sites excluding steroid dienone is 1. The van der Waals surface area contributed by atoms with Gasteiger partial charge in [-0.3, -0.25) is 14.8 Å². The molecule has 7 heteroatoms. The Morgan fingerprint density at radius 3 is 2.40 bits per heavy atom. The number of ether oxygens (including phenoxy) is 2. The predicted molar refractivity (Wildman–Crippen MR) is 164 cm³/mol. The molecule has 1 heterocycles. The smallest absolute Gasteiger partial charge is 0.344 e. The Labute approximate surface area is 257 Å². The van der Waals surface area contributed by atoms with Crippen molar-refractivity contribution >= 4 is 11.9 Å². The number of carbonyl (C=O) groups excluding carboxylic acids is 2. The van der Waals surface area contributed by atoms with Crippen molar-refractivity contribution < 1.29 is 24.2 Å². The van der Waals surface area contributed by atoms with Crippen molar-refractivity contribution in [3.8, 4) is 0 Å². The van der Waals surface area contributed by atoms with E-state index >= 15 is 0 Å². The quantitative estimate of drug-likeness (QED) is 0.309. The molecule has 0 spiro atoms. The molecule has 10 atom stereocenters. The summed E-state index contributed by atoms with van der Waals surface area (Å²) in [6.45, 7) is 18.2. The molecular weight excluding hydrogens is 540 g/mol. The SMILES string of the molecule is C=C(C)[C@@H]1CC[C@]2(C(=O)OCC(=O)OCC)CC[C@]3(C)[C@H](CC[C@@H]4[C@@]5(C)Cc6nccnc6[C@@](C)(CO)[C@@H]5CC[C@]43C)[C@@H]12. The minimum atomic E-state index is -0.570. The van der Waals surface area contributed by atoms with Crippen molar-refractivity contribution in [2.75, 3.05) is 19.8 Å². The molecule has 0 unspecified atom stereocenters. The Bertz CT molecular complexity index is 1310. The Kier molecular flexibility index (Phi) is 7.42. The summed E-state index contributed by atoms with van der Waals surface area (Å²) in [6.07, 6.45) is 12.4. The number of aliphatic hydroxyl groups excluding tert-OH is 1. The average Bonchev–Trinajstić information content (AvgIpc) is 3.37. The van der Waals surface area contributed by atoms with E-state index in [-0.39, 0.29) is 53.9 Å². The van der Waals surface area contributed by atoms with Gasteiger partial charge in [0.1, 0.15) is 0 Å². The Morgan fingerprint density at radius 2 is 1.70 bits per heavy atom. The van der Waals surface area contributed by atoms with E-state index in [9.17, 15) is 14.7 Å². The van der Waals surface area contributed by atoms with E-state index in [4.69, 9.17) is 19.4 Å². The second-order valence-corrected chi connectivity index (χ2v) is 15.8. The number of fused-ring (bicyclic) bond motifs is 8. The lowest BCUT2D eigenvalue weighted by molar-refractivity contribution is -0.231. The van der Waals surface area contributed by atoms with Crippen LogP contribution >= 0.6 is 0 Å². The molecule has 4 fully saturated rings. The van der Waals surface area contributed by atoms with E-state index in [0.29, 0.717) is 17.8 Å². The van der Waals surface area contributed by atoms with Crippen LogP contribution in [0.5, 0.6) is 0 Å². The summed E-state index contributed by atoms with van der Waals surface area (Å²) in [5, 5.41) is 10.9. The predicted octanol–water partition coefficient (Wildman–Crippen LogP) is 6.23. The maximum atomic E-state index is 14.0. The zero-order valence-corrected chi connectivity index (χ0v) is 27.2. The van der Waals surface area contributed by atoms with Gasteiger partial charge >= 0.3 is 11.9 Å². The summed E-state index contributed by atoms with van der Waals surface area (Å²) in [7, 11) is 0. The van der Waals surface area contributed by atoms with Gasteiger partial charge < -0.3 is 14.6 Å². The molecule has 0 aromatic carbocycles. The van der Waals surface area contributed by atoms with E-state index in [1.165, 1.54) is 5.57 Å². The second-order valence-electron chi connectivity index (χ2n) is 15.8. The lowest BCUT2D eigenvalue weighted by Crippen LogP contribution is -2.67. The van der Waals surface area contributed by atoms with Crippen molar-refractivity contribution in [1.82, 2.24) is 9.97 Å². The van der Waals surface area contributed by atoms with Gasteiger partial charge in [-0.25, -0.2) is 4.79 Å². The highest BCUT2D eigenvalue weighted by Gasteiger charge is 2.72. The summed E-state index contributed by atoms with van der Waals surface area (Å²) in [5.41, 5.74) is 2.37. The number of aromatic nitrogens is 2. The molecule has 0 amide bonds. The fraction of sp³-hybridized carbons (Fsp3) is 0.778. The number of hydrogen-bond acceptors (Lipinski definition) is 7. The fourth-order valence-corrected chi connectivity index (χ4v) is 12.3. The van der Waals surface area contributed by atoms with Gasteiger partial charge in [0, 0.05) is 17.8 Å². The third kappa shape index (κ3) is 4.08. The van der Waals surface area contributed by atoms with Crippen LogP contribution in [0.15, 0.2) is 24.5 Å². The number of nitrogens with zero attached hydrogens (tertiary/aromatic N) is 2. The van der Waals surface area contributed by atoms with Crippen LogP contribution < -0.4 is 0 Å². The van der Waals surface area contributed by atoms with Crippen molar-refractivity contribution in [2.24, 2.45) is 51.2 Å². The van der Waals surface area contributed by atoms with E-state index in [1.807, 2.05) is 0 Å². The highest BCUT2D eigenvalue weighted by molar-refractivity contribution is 5.81. The number of carbonyl (C=O) groups is 2. The molecule has 0 aliphatic heterocycles. The molecule has 1 aromatic heterocycles. The normalized spacial score (nSPS) is 44.6. The number of rotatable bonds is 6. The Morgan fingerprint density at radius 1 is 0.953 bits per heavy atom. The van der Waals surface area contributed by atoms with E-state index < -0.39 is 16.8 Å². The maximum Gasteiger partial charge on any atom is 0.344 e. The van der Waals surface area contributed by atoms with Gasteiger partial charge in [-0.1, -0.05) is 39.8 Å². The van der Waals surface area contributed by atoms with Gasteiger partial charge in [0.15, 0.2) is 6.61 Å². The first-order chi connectivity index (χ1) is 20.3. The van der Waals surface area contributed by atoms with Crippen molar-refractivity contribution in [1.29, 1.82) is 0 Å². The van der Waals surface area contributed by atoms with Crippen LogP contribution in [0.25, 0.3) is 0 Å². The zero-order chi connectivity index (χ0) is 31.0. The monoisotopic (exact) mass is 592 g/mol. The zero-order valence-electron chi connectivity index (χ0n) is 27.2. The Hall–Kier alpha value is -2.28. The lowest BCUT2D eigenvalue weighted by atomic mass is 9.32. The minimum Gasteiger partial charge on any atom is -0.463 e. The Balaban J connectivity index is 1.37. The molecule has 7 nitrogen and oxygen atoms in total. The van der Waals surface area contributed by atoms with E-state index in [1.54, 1.807) is 19.3 Å². The summed E-state index contributed by atoms with van der Waals surface area (Å²) in [6, 6.07) is 0. The van der Waals surface area contributed by atoms with Crippen LogP contribution in [0.4, 0.5) is 0 Å². The molecule has 6 rings (SSSR count). The molecule has 0 radical (unpaired) electrons. The van der Waals surface area contributed by atoms with Crippen LogP contribution in [-0.2, 0) is 30.9 Å². The molecule has 1 aromatic rings. The first-order valence-electron chi connectivity index (χ1n) is 16.7. The van der Waals surface area contributed by atoms with Gasteiger partial charge in [-0.15, -0.1) is 0 Å². The molecule has 0 saturated heterocycles. The van der Waals surface area contributed by atoms with Crippen LogP contribution in [0.3, 0.4) is 0 Å². The minimum absolute atomic E-state index is 0.00195. The number of hydrogen-bond donors (Lipinski definition) is 1. The highest BCUT2D eigenvalue weighted by Crippen LogP contribution is 2.77. The van der Waals surface area contributed by atoms with Crippen molar-refractivity contribution in [2.45, 2.75) is 105 Å². The summed E-state index contributed by atoms with van der Waals surface area (Å²) in [4.78, 5) is 35.7. The maximum absolute atomic E-state index is 14.0. The van der Waals surface area contributed by atoms with Gasteiger partial charge in [-0.2, -0.15) is 0 Å². The average molecular weight is 593 g/mol. The first kappa shape index (κ1) is 30.7. The fourth-order valence-electron chi connectivity index (χ4n) is 12.3.